The Balaban J connectivity index is 2.79. The highest BCUT2D eigenvalue weighted by molar-refractivity contribution is 6.51. The fourth-order valence-corrected chi connectivity index (χ4v) is 0.401. The van der Waals surface area contributed by atoms with Crippen molar-refractivity contribution in [2.24, 2.45) is 0 Å². The predicted octanol–water partition coefficient (Wildman–Crippen LogP) is 0.503. The molecule has 0 saturated heterocycles. The highest BCUT2D eigenvalue weighted by atomic mass is 16.3. The third-order valence-electron chi connectivity index (χ3n) is 0.771. The second-order valence-electron chi connectivity index (χ2n) is 1.30. The largest absolute Gasteiger partial charge is 0.519 e. The zero-order valence-corrected chi connectivity index (χ0v) is 3.63. The van der Waals surface area contributed by atoms with Crippen LogP contribution in [0.1, 0.15) is 0 Å². The van der Waals surface area contributed by atoms with Gasteiger partial charge in [0.15, 0.2) is 0 Å². The highest BCUT2D eigenvalue weighted by Crippen LogP contribution is 2.03. The molecule has 0 saturated carbocycles. The van der Waals surface area contributed by atoms with Gasteiger partial charge >= 0.3 is 0 Å². The van der Waals surface area contributed by atoms with Crippen LogP contribution in [0.5, 0.6) is 0 Å². The molecule has 2 N–H and O–H groups in total. The molecule has 0 amide bonds. The number of hydrogen-bond donors (Lipinski definition) is 2. The van der Waals surface area contributed by atoms with E-state index in [1.165, 1.54) is 13.4 Å². The third kappa shape index (κ3) is 0.608. The molecule has 1 rings (SSSR count). The molecule has 0 spiro atoms. The number of aliphatic hydroxyl groups is 2. The van der Waals surface area contributed by atoms with Crippen LogP contribution in [0.4, 0.5) is 0 Å². The second-order valence-corrected chi connectivity index (χ2v) is 1.30. The summed E-state index contributed by atoms with van der Waals surface area (Å²) in [6.07, 6.45) is 1.43. The maximum Gasteiger partial charge on any atom is 0.235 e. The van der Waals surface area contributed by atoms with Gasteiger partial charge in [-0.1, -0.05) is 0 Å². The molecule has 0 atom stereocenters. The molecule has 0 aromatic carbocycles. The Labute approximate surface area is 42.0 Å². The van der Waals surface area contributed by atoms with Crippen molar-refractivity contribution in [1.82, 2.24) is 0 Å². The van der Waals surface area contributed by atoms with Crippen molar-refractivity contribution < 1.29 is 10.2 Å². The van der Waals surface area contributed by atoms with Crippen LogP contribution in [0.25, 0.3) is 0 Å². The van der Waals surface area contributed by atoms with Gasteiger partial charge in [-0.25, -0.2) is 0 Å². The van der Waals surface area contributed by atoms with E-state index in [0.29, 0.717) is 0 Å². The van der Waals surface area contributed by atoms with E-state index in [-0.39, 0.29) is 11.4 Å². The summed E-state index contributed by atoms with van der Waals surface area (Å²) in [5.74, 6) is 1.52. The van der Waals surface area contributed by atoms with Crippen LogP contribution in [0.2, 0.25) is 0 Å². The van der Waals surface area contributed by atoms with Gasteiger partial charge < -0.3 is 10.2 Å². The Morgan fingerprint density at radius 2 is 2.14 bits per heavy atom. The average molecular weight is 94.9 g/mol. The van der Waals surface area contributed by atoms with Crippen LogP contribution in [-0.2, 0) is 0 Å². The van der Waals surface area contributed by atoms with E-state index in [9.17, 15) is 0 Å². The lowest BCUT2D eigenvalue weighted by Gasteiger charge is -1.85. The molecule has 0 unspecified atom stereocenters. The van der Waals surface area contributed by atoms with Gasteiger partial charge in [-0.3, -0.25) is 0 Å². The number of rotatable bonds is 0. The molecule has 1 aliphatic rings. The van der Waals surface area contributed by atoms with E-state index in [1.807, 2.05) is 0 Å². The van der Waals surface area contributed by atoms with Crippen molar-refractivity contribution >= 4 is 7.28 Å². The summed E-state index contributed by atoms with van der Waals surface area (Å²) < 4.78 is 0. The second kappa shape index (κ2) is 1.33. The quantitative estimate of drug-likeness (QED) is 0.430. The molecule has 1 heterocycles. The molecule has 0 fully saturated rings. The summed E-state index contributed by atoms with van der Waals surface area (Å²) in [4.78, 5) is 0. The molecule has 35 valence electrons. The smallest absolute Gasteiger partial charge is 0.235 e. The van der Waals surface area contributed by atoms with Crippen LogP contribution in [0, 0.1) is 0 Å². The van der Waals surface area contributed by atoms with Gasteiger partial charge in [0.1, 0.15) is 5.76 Å². The SMILES string of the molecule is OC1=C(O)C=C[B]1. The van der Waals surface area contributed by atoms with Crippen molar-refractivity contribution in [3.8, 4) is 0 Å². The van der Waals surface area contributed by atoms with E-state index in [1.54, 1.807) is 5.98 Å². The molecule has 1 radical (unpaired) electrons. The highest BCUT2D eigenvalue weighted by Gasteiger charge is 2.04. The lowest BCUT2D eigenvalue weighted by atomic mass is 9.80. The summed E-state index contributed by atoms with van der Waals surface area (Å²) in [7, 11) is 1.43. The van der Waals surface area contributed by atoms with E-state index in [2.05, 4.69) is 0 Å². The fourth-order valence-electron chi connectivity index (χ4n) is 0.401. The Morgan fingerprint density at radius 1 is 1.43 bits per heavy atom. The Bertz CT molecular complexity index is 137. The van der Waals surface area contributed by atoms with Gasteiger partial charge in [0.05, 0.1) is 5.66 Å². The monoisotopic (exact) mass is 95.0 g/mol. The maximum absolute atomic E-state index is 8.51. The van der Waals surface area contributed by atoms with Gasteiger partial charge in [-0.05, 0) is 6.08 Å². The van der Waals surface area contributed by atoms with Crippen molar-refractivity contribution in [2.45, 2.75) is 0 Å². The average Bonchev–Trinajstić information content (AvgIpc) is 1.91. The van der Waals surface area contributed by atoms with Crippen molar-refractivity contribution in [2.75, 3.05) is 0 Å². The number of hydrogen-bond acceptors (Lipinski definition) is 2. The summed E-state index contributed by atoms with van der Waals surface area (Å²) in [5, 5.41) is 17.0. The Kier molecular flexibility index (Phi) is 0.820. The fraction of sp³-hybridized carbons (Fsp3) is 0. The van der Waals surface area contributed by atoms with Gasteiger partial charge in [0.25, 0.3) is 0 Å². The number of allylic oxidation sites excluding steroid dienone is 1. The topological polar surface area (TPSA) is 40.5 Å². The Hall–Kier alpha value is -0.855. The first-order valence-electron chi connectivity index (χ1n) is 1.94. The first-order valence-corrected chi connectivity index (χ1v) is 1.94. The van der Waals surface area contributed by atoms with E-state index in [4.69, 9.17) is 10.2 Å². The first-order chi connectivity index (χ1) is 3.30. The molecule has 1 aliphatic heterocycles. The van der Waals surface area contributed by atoms with Crippen molar-refractivity contribution in [1.29, 1.82) is 0 Å². The third-order valence-corrected chi connectivity index (χ3v) is 0.771. The summed E-state index contributed by atoms with van der Waals surface area (Å²) in [6.45, 7) is 0. The standard InChI is InChI=1S/C4H4BO2/c6-3-1-2-5-4(3)7/h1-2,6-7H. The van der Waals surface area contributed by atoms with E-state index < -0.39 is 0 Å². The molecule has 3 heteroatoms. The lowest BCUT2D eigenvalue weighted by molar-refractivity contribution is 0.366. The van der Waals surface area contributed by atoms with Gasteiger partial charge in [-0.15, -0.1) is 5.98 Å². The van der Waals surface area contributed by atoms with E-state index >= 15 is 0 Å². The van der Waals surface area contributed by atoms with Gasteiger partial charge in [0.2, 0.25) is 7.28 Å². The van der Waals surface area contributed by atoms with Gasteiger partial charge in [-0.2, -0.15) is 0 Å². The van der Waals surface area contributed by atoms with Crippen molar-refractivity contribution in [3.05, 3.63) is 23.5 Å². The molecular formula is C4H4BO2. The molecule has 2 nitrogen and oxygen atoms in total. The number of aliphatic hydroxyl groups excluding tert-OH is 2. The first kappa shape index (κ1) is 4.31. The molecular weight excluding hydrogens is 90.9 g/mol. The van der Waals surface area contributed by atoms with Crippen molar-refractivity contribution in [3.63, 3.8) is 0 Å². The van der Waals surface area contributed by atoms with Gasteiger partial charge in [0, 0.05) is 0 Å². The van der Waals surface area contributed by atoms with Crippen LogP contribution in [0.15, 0.2) is 23.5 Å². The van der Waals surface area contributed by atoms with Crippen LogP contribution >= 0.6 is 0 Å². The molecule has 0 aromatic rings. The van der Waals surface area contributed by atoms with Crippen LogP contribution < -0.4 is 0 Å². The molecule has 0 aromatic heterocycles. The molecule has 0 bridgehead atoms. The summed E-state index contributed by atoms with van der Waals surface area (Å²) in [5.41, 5.74) is -0.0556. The maximum atomic E-state index is 8.51. The minimum atomic E-state index is -0.0556. The zero-order valence-electron chi connectivity index (χ0n) is 3.63. The van der Waals surface area contributed by atoms with Crippen LogP contribution in [-0.4, -0.2) is 17.5 Å². The molecule has 7 heavy (non-hydrogen) atoms. The summed E-state index contributed by atoms with van der Waals surface area (Å²) >= 11 is 0. The normalized spacial score (nSPS) is 17.7. The molecule has 0 aliphatic carbocycles. The summed E-state index contributed by atoms with van der Waals surface area (Å²) in [6, 6.07) is 0. The minimum absolute atomic E-state index is 0.0556. The predicted molar refractivity (Wildman–Crippen MR) is 27.2 cm³/mol. The lowest BCUT2D eigenvalue weighted by Crippen LogP contribution is -1.87. The van der Waals surface area contributed by atoms with E-state index in [0.717, 1.165) is 0 Å². The minimum Gasteiger partial charge on any atom is -0.519 e. The van der Waals surface area contributed by atoms with Crippen LogP contribution in [0.3, 0.4) is 0 Å². The zero-order chi connectivity index (χ0) is 5.28. The Morgan fingerprint density at radius 3 is 2.29 bits per heavy atom.